The molecule has 1 aliphatic heterocycles. The molecule has 0 bridgehead atoms. The summed E-state index contributed by atoms with van der Waals surface area (Å²) in [5.74, 6) is 0.557. The summed E-state index contributed by atoms with van der Waals surface area (Å²) in [7, 11) is -0.406. The Bertz CT molecular complexity index is 935. The first kappa shape index (κ1) is 16.2. The van der Waals surface area contributed by atoms with Gasteiger partial charge in [0.1, 0.15) is 0 Å². The molecule has 0 radical (unpaired) electrons. The van der Waals surface area contributed by atoms with E-state index in [4.69, 9.17) is 9.31 Å². The van der Waals surface area contributed by atoms with Gasteiger partial charge in [0, 0.05) is 17.3 Å². The maximum absolute atomic E-state index is 6.16. The van der Waals surface area contributed by atoms with Crippen LogP contribution in [0.1, 0.15) is 33.4 Å². The Labute approximate surface area is 147 Å². The number of hydrogen-bond donors (Lipinski definition) is 0. The minimum Gasteiger partial charge on any atom is -0.399 e. The van der Waals surface area contributed by atoms with Crippen molar-refractivity contribution in [2.24, 2.45) is 0 Å². The molecule has 0 atom stereocenters. The van der Waals surface area contributed by atoms with Crippen LogP contribution in [0, 0.1) is 6.92 Å². The minimum absolute atomic E-state index is 0.369. The van der Waals surface area contributed by atoms with E-state index in [-0.39, 0.29) is 11.2 Å². The molecule has 0 aliphatic carbocycles. The standard InChI is InChI=1S/C18H21BN4O2/c1-12-8-9-20-16(22-12)23-15-10-14(7-6-13(15)11-21-23)19-24-17(2,3)18(4,5)25-19/h6-11H,1-5H3. The Balaban J connectivity index is 1.77. The van der Waals surface area contributed by atoms with Crippen molar-refractivity contribution in [1.29, 1.82) is 0 Å². The molecule has 4 rings (SSSR count). The maximum atomic E-state index is 6.16. The number of aromatic nitrogens is 4. The monoisotopic (exact) mass is 336 g/mol. The van der Waals surface area contributed by atoms with E-state index in [2.05, 4.69) is 42.8 Å². The first-order chi connectivity index (χ1) is 11.8. The lowest BCUT2D eigenvalue weighted by molar-refractivity contribution is 0.00578. The van der Waals surface area contributed by atoms with E-state index >= 15 is 0 Å². The number of aryl methyl sites for hydroxylation is 1. The van der Waals surface area contributed by atoms with Gasteiger partial charge in [0.05, 0.1) is 22.9 Å². The van der Waals surface area contributed by atoms with Crippen molar-refractivity contribution >= 4 is 23.5 Å². The van der Waals surface area contributed by atoms with Crippen molar-refractivity contribution in [3.8, 4) is 5.95 Å². The fraction of sp³-hybridized carbons (Fsp3) is 0.389. The van der Waals surface area contributed by atoms with Gasteiger partial charge in [-0.1, -0.05) is 12.1 Å². The van der Waals surface area contributed by atoms with Crippen molar-refractivity contribution in [3.05, 3.63) is 42.4 Å². The Kier molecular flexibility index (Phi) is 3.49. The van der Waals surface area contributed by atoms with Gasteiger partial charge >= 0.3 is 7.12 Å². The first-order valence-corrected chi connectivity index (χ1v) is 8.40. The third-order valence-corrected chi connectivity index (χ3v) is 5.09. The van der Waals surface area contributed by atoms with Crippen LogP contribution in [0.3, 0.4) is 0 Å². The Morgan fingerprint density at radius 2 is 1.76 bits per heavy atom. The van der Waals surface area contributed by atoms with Gasteiger partial charge in [0.15, 0.2) is 0 Å². The van der Waals surface area contributed by atoms with Gasteiger partial charge < -0.3 is 9.31 Å². The van der Waals surface area contributed by atoms with E-state index in [0.717, 1.165) is 22.1 Å². The zero-order valence-electron chi connectivity index (χ0n) is 15.1. The van der Waals surface area contributed by atoms with Crippen LogP contribution >= 0.6 is 0 Å². The van der Waals surface area contributed by atoms with Crippen LogP contribution in [-0.2, 0) is 9.31 Å². The van der Waals surface area contributed by atoms with Gasteiger partial charge in [-0.3, -0.25) is 0 Å². The zero-order valence-corrected chi connectivity index (χ0v) is 15.1. The summed E-state index contributed by atoms with van der Waals surface area (Å²) in [4.78, 5) is 8.80. The summed E-state index contributed by atoms with van der Waals surface area (Å²) in [5, 5.41) is 5.46. The quantitative estimate of drug-likeness (QED) is 0.673. The highest BCUT2D eigenvalue weighted by Gasteiger charge is 2.51. The van der Waals surface area contributed by atoms with E-state index in [1.165, 1.54) is 0 Å². The fourth-order valence-corrected chi connectivity index (χ4v) is 2.86. The molecule has 6 nitrogen and oxygen atoms in total. The van der Waals surface area contributed by atoms with E-state index < -0.39 is 7.12 Å². The van der Waals surface area contributed by atoms with Crippen LogP contribution in [0.4, 0.5) is 0 Å². The highest BCUT2D eigenvalue weighted by molar-refractivity contribution is 6.62. The van der Waals surface area contributed by atoms with E-state index in [1.807, 2.05) is 37.4 Å². The average Bonchev–Trinajstić information content (AvgIpc) is 3.05. The van der Waals surface area contributed by atoms with Crippen LogP contribution in [-0.4, -0.2) is 38.1 Å². The molecular weight excluding hydrogens is 315 g/mol. The molecular formula is C18H21BN4O2. The molecule has 1 saturated heterocycles. The molecule has 1 fully saturated rings. The van der Waals surface area contributed by atoms with Gasteiger partial charge in [0.25, 0.3) is 5.95 Å². The summed E-state index contributed by atoms with van der Waals surface area (Å²) in [6.07, 6.45) is 3.55. The van der Waals surface area contributed by atoms with Gasteiger partial charge in [-0.15, -0.1) is 0 Å². The third kappa shape index (κ3) is 2.64. The summed E-state index contributed by atoms with van der Waals surface area (Å²) in [6, 6.07) is 7.95. The van der Waals surface area contributed by atoms with Crippen molar-refractivity contribution in [1.82, 2.24) is 19.7 Å². The van der Waals surface area contributed by atoms with Crippen molar-refractivity contribution in [3.63, 3.8) is 0 Å². The largest absolute Gasteiger partial charge is 0.494 e. The van der Waals surface area contributed by atoms with Crippen LogP contribution in [0.25, 0.3) is 16.9 Å². The lowest BCUT2D eigenvalue weighted by atomic mass is 9.79. The molecule has 7 heteroatoms. The van der Waals surface area contributed by atoms with Crippen LogP contribution < -0.4 is 5.46 Å². The molecule has 1 aliphatic rings. The van der Waals surface area contributed by atoms with Crippen LogP contribution in [0.5, 0.6) is 0 Å². The summed E-state index contributed by atoms with van der Waals surface area (Å²) in [6.45, 7) is 10.1. The Hall–Kier alpha value is -2.25. The number of benzene rings is 1. The molecule has 2 aromatic heterocycles. The number of rotatable bonds is 2. The van der Waals surface area contributed by atoms with Gasteiger partial charge in [-0.05, 0) is 52.2 Å². The lowest BCUT2D eigenvalue weighted by Gasteiger charge is -2.32. The number of nitrogens with zero attached hydrogens (tertiary/aromatic N) is 4. The van der Waals surface area contributed by atoms with Gasteiger partial charge in [-0.25, -0.2) is 9.97 Å². The van der Waals surface area contributed by atoms with E-state index in [9.17, 15) is 0 Å². The van der Waals surface area contributed by atoms with Crippen LogP contribution in [0.15, 0.2) is 36.7 Å². The van der Waals surface area contributed by atoms with Gasteiger partial charge in [-0.2, -0.15) is 9.78 Å². The summed E-state index contributed by atoms with van der Waals surface area (Å²) in [5.41, 5.74) is 2.05. The highest BCUT2D eigenvalue weighted by atomic mass is 16.7. The lowest BCUT2D eigenvalue weighted by Crippen LogP contribution is -2.41. The molecule has 128 valence electrons. The summed E-state index contributed by atoms with van der Waals surface area (Å²) >= 11 is 0. The minimum atomic E-state index is -0.406. The van der Waals surface area contributed by atoms with Crippen LogP contribution in [0.2, 0.25) is 0 Å². The predicted molar refractivity (Wildman–Crippen MR) is 97.1 cm³/mol. The normalized spacial score (nSPS) is 18.8. The molecule has 0 amide bonds. The third-order valence-electron chi connectivity index (χ3n) is 5.09. The van der Waals surface area contributed by atoms with Crippen molar-refractivity contribution in [2.75, 3.05) is 0 Å². The fourth-order valence-electron chi connectivity index (χ4n) is 2.86. The molecule has 0 unspecified atom stereocenters. The Morgan fingerprint density at radius 3 is 2.44 bits per heavy atom. The first-order valence-electron chi connectivity index (χ1n) is 8.40. The predicted octanol–water partition coefficient (Wildman–Crippen LogP) is 2.42. The molecule has 0 saturated carbocycles. The molecule has 3 aromatic rings. The second kappa shape index (κ2) is 5.38. The average molecular weight is 336 g/mol. The second-order valence-corrected chi connectivity index (χ2v) is 7.46. The Morgan fingerprint density at radius 1 is 1.04 bits per heavy atom. The summed E-state index contributed by atoms with van der Waals surface area (Å²) < 4.78 is 14.1. The second-order valence-electron chi connectivity index (χ2n) is 7.46. The molecule has 25 heavy (non-hydrogen) atoms. The zero-order chi connectivity index (χ0) is 17.8. The number of fused-ring (bicyclic) bond motifs is 1. The number of hydrogen-bond acceptors (Lipinski definition) is 5. The molecule has 0 N–H and O–H groups in total. The maximum Gasteiger partial charge on any atom is 0.494 e. The molecule has 0 spiro atoms. The molecule has 1 aromatic carbocycles. The highest BCUT2D eigenvalue weighted by Crippen LogP contribution is 2.36. The van der Waals surface area contributed by atoms with Crippen molar-refractivity contribution < 1.29 is 9.31 Å². The SMILES string of the molecule is Cc1ccnc(-n2ncc3ccc(B4OC(C)(C)C(C)(C)O4)cc32)n1. The topological polar surface area (TPSA) is 62.1 Å². The molecule has 3 heterocycles. The van der Waals surface area contributed by atoms with Gasteiger partial charge in [0.2, 0.25) is 0 Å². The van der Waals surface area contributed by atoms with Crippen molar-refractivity contribution in [2.45, 2.75) is 45.8 Å². The smallest absolute Gasteiger partial charge is 0.399 e. The van der Waals surface area contributed by atoms with E-state index in [0.29, 0.717) is 5.95 Å². The van der Waals surface area contributed by atoms with E-state index in [1.54, 1.807) is 10.9 Å².